The number of nitrogens with zero attached hydrogens (tertiary/aromatic N) is 2. The third-order valence-corrected chi connectivity index (χ3v) is 7.57. The van der Waals surface area contributed by atoms with Gasteiger partial charge in [0.25, 0.3) is 0 Å². The molecule has 7 rings (SSSR count). The molecule has 0 spiro atoms. The summed E-state index contributed by atoms with van der Waals surface area (Å²) in [5.41, 5.74) is 12.0. The summed E-state index contributed by atoms with van der Waals surface area (Å²) in [6, 6.07) is 48.1. The molecule has 3 nitrogen and oxygen atoms in total. The van der Waals surface area contributed by atoms with Gasteiger partial charge in [-0.15, -0.1) is 0 Å². The van der Waals surface area contributed by atoms with E-state index in [2.05, 4.69) is 121 Å². The van der Waals surface area contributed by atoms with E-state index >= 15 is 0 Å². The number of allylic oxidation sites excluding steroid dienone is 6. The Balaban J connectivity index is 1.34. The molecule has 1 N–H and O–H groups in total. The first kappa shape index (κ1) is 25.4. The maximum Gasteiger partial charge on any atom is 0.0675 e. The summed E-state index contributed by atoms with van der Waals surface area (Å²) in [5.74, 6) is -0.0200. The lowest BCUT2D eigenvalue weighted by atomic mass is 9.79. The zero-order valence-corrected chi connectivity index (χ0v) is 23.1. The zero-order chi connectivity index (χ0) is 28.1. The van der Waals surface area contributed by atoms with E-state index in [4.69, 9.17) is 9.98 Å². The quantitative estimate of drug-likeness (QED) is 0.229. The van der Waals surface area contributed by atoms with Crippen LogP contribution >= 0.6 is 0 Å². The Morgan fingerprint density at radius 1 is 0.571 bits per heavy atom. The second kappa shape index (κ2) is 11.5. The van der Waals surface area contributed by atoms with Crippen LogP contribution in [-0.2, 0) is 0 Å². The fourth-order valence-corrected chi connectivity index (χ4v) is 5.60. The normalized spacial score (nSPS) is 15.2. The summed E-state index contributed by atoms with van der Waals surface area (Å²) < 4.78 is 0. The maximum atomic E-state index is 5.19. The molecule has 3 heteroatoms. The van der Waals surface area contributed by atoms with Crippen molar-refractivity contribution in [2.75, 3.05) is 5.32 Å². The second-order valence-corrected chi connectivity index (χ2v) is 10.3. The Morgan fingerprint density at radius 3 is 1.88 bits per heavy atom. The topological polar surface area (TPSA) is 36.8 Å². The van der Waals surface area contributed by atoms with Gasteiger partial charge in [-0.1, -0.05) is 109 Å². The van der Waals surface area contributed by atoms with Crippen LogP contribution in [-0.4, -0.2) is 11.4 Å². The molecule has 200 valence electrons. The lowest BCUT2D eigenvalue weighted by molar-refractivity contribution is 1.19. The van der Waals surface area contributed by atoms with E-state index in [0.717, 1.165) is 50.9 Å². The Kier molecular flexibility index (Phi) is 6.97. The number of hydrogen-bond acceptors (Lipinski definition) is 3. The minimum Gasteiger partial charge on any atom is -0.356 e. The molecule has 2 aliphatic rings. The predicted octanol–water partition coefficient (Wildman–Crippen LogP) is 10.0. The number of fused-ring (bicyclic) bond motifs is 1. The van der Waals surface area contributed by atoms with Gasteiger partial charge in [-0.3, -0.25) is 4.99 Å². The van der Waals surface area contributed by atoms with Crippen molar-refractivity contribution in [3.05, 3.63) is 186 Å². The third-order valence-electron chi connectivity index (χ3n) is 7.57. The van der Waals surface area contributed by atoms with Crippen LogP contribution in [0.2, 0.25) is 0 Å². The van der Waals surface area contributed by atoms with Crippen molar-refractivity contribution in [2.45, 2.75) is 5.92 Å². The van der Waals surface area contributed by atoms with E-state index in [1.54, 1.807) is 0 Å². The number of para-hydroxylation sites is 3. The van der Waals surface area contributed by atoms with Gasteiger partial charge in [0.05, 0.1) is 28.7 Å². The van der Waals surface area contributed by atoms with E-state index < -0.39 is 0 Å². The first-order valence-electron chi connectivity index (χ1n) is 14.2. The molecular formula is C39H29N3. The van der Waals surface area contributed by atoms with Crippen LogP contribution in [0.5, 0.6) is 0 Å². The Morgan fingerprint density at radius 2 is 1.17 bits per heavy atom. The van der Waals surface area contributed by atoms with Crippen LogP contribution in [0.1, 0.15) is 22.6 Å². The van der Waals surface area contributed by atoms with Gasteiger partial charge in [0.1, 0.15) is 0 Å². The molecule has 0 saturated carbocycles. The Bertz CT molecular complexity index is 1840. The molecule has 5 aromatic carbocycles. The summed E-state index contributed by atoms with van der Waals surface area (Å²) >= 11 is 0. The summed E-state index contributed by atoms with van der Waals surface area (Å²) in [7, 11) is 0. The highest BCUT2D eigenvalue weighted by molar-refractivity contribution is 6.17. The standard InChI is InChI=1S/C39H29N3/c1-4-12-30(13-5-1)39-38(35-18-10-11-19-36(35)42-39)37(28-20-24-33(25-21-28)40-31-14-6-2-7-15-31)29-22-26-34(27-23-29)41-32-16-8-3-9-17-32/h1-27,38,40H. The van der Waals surface area contributed by atoms with Crippen molar-refractivity contribution in [2.24, 2.45) is 9.98 Å². The van der Waals surface area contributed by atoms with Gasteiger partial charge in [-0.25, -0.2) is 4.99 Å². The molecule has 0 amide bonds. The van der Waals surface area contributed by atoms with E-state index in [9.17, 15) is 0 Å². The van der Waals surface area contributed by atoms with E-state index in [0.29, 0.717) is 0 Å². The van der Waals surface area contributed by atoms with E-state index in [1.165, 1.54) is 11.1 Å². The molecule has 0 saturated heterocycles. The first-order valence-corrected chi connectivity index (χ1v) is 14.2. The number of hydrogen-bond donors (Lipinski definition) is 1. The highest BCUT2D eigenvalue weighted by Crippen LogP contribution is 2.47. The van der Waals surface area contributed by atoms with Crippen molar-refractivity contribution < 1.29 is 0 Å². The zero-order valence-electron chi connectivity index (χ0n) is 23.1. The van der Waals surface area contributed by atoms with E-state index in [1.807, 2.05) is 48.5 Å². The first-order chi connectivity index (χ1) is 20.8. The third kappa shape index (κ3) is 5.28. The molecule has 42 heavy (non-hydrogen) atoms. The fraction of sp³-hybridized carbons (Fsp3) is 0.0256. The Hall–Kier alpha value is -5.54. The number of nitrogens with one attached hydrogen (secondary N) is 1. The van der Waals surface area contributed by atoms with Crippen molar-refractivity contribution in [1.82, 2.24) is 0 Å². The number of benzene rings is 5. The fourth-order valence-electron chi connectivity index (χ4n) is 5.60. The van der Waals surface area contributed by atoms with Gasteiger partial charge in [-0.05, 0) is 82.5 Å². The summed E-state index contributed by atoms with van der Waals surface area (Å²) in [5, 5.41) is 3.51. The molecule has 1 aliphatic carbocycles. The largest absolute Gasteiger partial charge is 0.356 e. The van der Waals surface area contributed by atoms with Gasteiger partial charge < -0.3 is 5.32 Å². The maximum absolute atomic E-state index is 5.19. The van der Waals surface area contributed by atoms with Gasteiger partial charge in [0, 0.05) is 11.4 Å². The SMILES string of the molecule is C1=CC(=C(c2ccc(Nc3ccccc3)cc2)C2C(c3ccccc3)=Nc3ccccc32)C=CC1=Nc1ccccc1. The molecule has 5 aromatic rings. The van der Waals surface area contributed by atoms with Crippen LogP contribution in [0, 0.1) is 0 Å². The lowest BCUT2D eigenvalue weighted by Gasteiger charge is -2.23. The number of rotatable bonds is 6. The van der Waals surface area contributed by atoms with Crippen LogP contribution < -0.4 is 5.32 Å². The van der Waals surface area contributed by atoms with Gasteiger partial charge >= 0.3 is 0 Å². The van der Waals surface area contributed by atoms with E-state index in [-0.39, 0.29) is 5.92 Å². The van der Waals surface area contributed by atoms with Gasteiger partial charge in [0.15, 0.2) is 0 Å². The smallest absolute Gasteiger partial charge is 0.0675 e. The molecule has 0 radical (unpaired) electrons. The Labute approximate surface area is 246 Å². The number of aliphatic imine (C=N–C) groups is 2. The molecule has 0 fully saturated rings. The highest BCUT2D eigenvalue weighted by Gasteiger charge is 2.33. The summed E-state index contributed by atoms with van der Waals surface area (Å²) in [6.07, 6.45) is 8.59. The molecule has 1 atom stereocenters. The molecule has 1 heterocycles. The molecule has 1 aliphatic heterocycles. The molecule has 0 aromatic heterocycles. The highest BCUT2D eigenvalue weighted by atomic mass is 14.9. The van der Waals surface area contributed by atoms with Crippen LogP contribution in [0.15, 0.2) is 179 Å². The minimum absolute atomic E-state index is 0.0200. The molecule has 0 bridgehead atoms. The summed E-state index contributed by atoms with van der Waals surface area (Å²) in [4.78, 5) is 10.0. The predicted molar refractivity (Wildman–Crippen MR) is 177 cm³/mol. The minimum atomic E-state index is -0.0200. The van der Waals surface area contributed by atoms with Gasteiger partial charge in [0.2, 0.25) is 0 Å². The summed E-state index contributed by atoms with van der Waals surface area (Å²) in [6.45, 7) is 0. The lowest BCUT2D eigenvalue weighted by Crippen LogP contribution is -2.14. The number of anilines is 2. The average molecular weight is 540 g/mol. The van der Waals surface area contributed by atoms with Crippen molar-refractivity contribution in [3.63, 3.8) is 0 Å². The van der Waals surface area contributed by atoms with Crippen molar-refractivity contribution in [3.8, 4) is 0 Å². The average Bonchev–Trinajstić information content (AvgIpc) is 3.43. The monoisotopic (exact) mass is 539 g/mol. The second-order valence-electron chi connectivity index (χ2n) is 10.3. The van der Waals surface area contributed by atoms with Crippen molar-refractivity contribution >= 4 is 39.7 Å². The van der Waals surface area contributed by atoms with Gasteiger partial charge in [-0.2, -0.15) is 0 Å². The van der Waals surface area contributed by atoms with Crippen molar-refractivity contribution in [1.29, 1.82) is 0 Å². The molecule has 1 unspecified atom stereocenters. The molecular weight excluding hydrogens is 510 g/mol. The van der Waals surface area contributed by atoms with Crippen LogP contribution in [0.3, 0.4) is 0 Å². The van der Waals surface area contributed by atoms with Crippen LogP contribution in [0.25, 0.3) is 5.57 Å². The van der Waals surface area contributed by atoms with Crippen LogP contribution in [0.4, 0.5) is 22.7 Å².